The van der Waals surface area contributed by atoms with E-state index in [4.69, 9.17) is 0 Å². The minimum absolute atomic E-state index is 0.192. The van der Waals surface area contributed by atoms with Gasteiger partial charge >= 0.3 is 6.18 Å². The predicted molar refractivity (Wildman–Crippen MR) is 48.9 cm³/mol. The molecule has 4 nitrogen and oxygen atoms in total. The lowest BCUT2D eigenvalue weighted by molar-refractivity contribution is -0.121. The van der Waals surface area contributed by atoms with Crippen LogP contribution in [0.3, 0.4) is 0 Å². The molecule has 0 spiro atoms. The molecule has 90 valence electrons. The molecule has 0 bridgehead atoms. The van der Waals surface area contributed by atoms with Gasteiger partial charge in [0.15, 0.2) is 0 Å². The molecule has 0 radical (unpaired) electrons. The van der Waals surface area contributed by atoms with Crippen LogP contribution in [-0.2, 0) is 10.0 Å². The summed E-state index contributed by atoms with van der Waals surface area (Å²) in [4.78, 5) is 0. The first-order chi connectivity index (χ1) is 6.79. The Hall–Kier alpha value is -0.340. The van der Waals surface area contributed by atoms with Crippen molar-refractivity contribution in [3.05, 3.63) is 0 Å². The van der Waals surface area contributed by atoms with Gasteiger partial charge in [0.1, 0.15) is 6.54 Å². The molecule has 1 rings (SSSR count). The van der Waals surface area contributed by atoms with Crippen LogP contribution in [0, 0.1) is 0 Å². The number of nitrogens with one attached hydrogen (secondary N) is 2. The first-order valence-electron chi connectivity index (χ1n) is 4.56. The molecule has 1 fully saturated rings. The fourth-order valence-corrected chi connectivity index (χ4v) is 1.86. The fourth-order valence-electron chi connectivity index (χ4n) is 0.949. The second-order valence-electron chi connectivity index (χ2n) is 3.48. The van der Waals surface area contributed by atoms with Gasteiger partial charge in [-0.1, -0.05) is 0 Å². The second-order valence-corrected chi connectivity index (χ2v) is 5.41. The summed E-state index contributed by atoms with van der Waals surface area (Å²) in [5, 5.41) is 2.91. The predicted octanol–water partition coefficient (Wildman–Crippen LogP) is 0.220. The molecule has 2 N–H and O–H groups in total. The third-order valence-corrected chi connectivity index (χ3v) is 3.20. The van der Waals surface area contributed by atoms with Gasteiger partial charge in [0, 0.05) is 12.6 Å². The van der Waals surface area contributed by atoms with Crippen LogP contribution in [0.2, 0.25) is 0 Å². The van der Waals surface area contributed by atoms with Gasteiger partial charge in [-0.3, -0.25) is 0 Å². The number of sulfonamides is 1. The van der Waals surface area contributed by atoms with E-state index >= 15 is 0 Å². The van der Waals surface area contributed by atoms with Crippen LogP contribution < -0.4 is 10.0 Å². The standard InChI is InChI=1S/C7H13F3N2O2S/c8-7(9,10)5-12-15(13,14)4-3-11-6-1-2-6/h6,11-12H,1-5H2. The van der Waals surface area contributed by atoms with E-state index in [1.165, 1.54) is 4.72 Å². The molecule has 1 aliphatic rings. The Bertz CT molecular complexity index is 298. The average molecular weight is 246 g/mol. The molecule has 0 saturated heterocycles. The minimum atomic E-state index is -4.50. The lowest BCUT2D eigenvalue weighted by Gasteiger charge is -2.09. The average Bonchev–Trinajstić information content (AvgIpc) is 2.83. The first kappa shape index (κ1) is 12.7. The smallest absolute Gasteiger partial charge is 0.313 e. The van der Waals surface area contributed by atoms with E-state index < -0.39 is 22.7 Å². The summed E-state index contributed by atoms with van der Waals surface area (Å²) < 4.78 is 58.7. The topological polar surface area (TPSA) is 58.2 Å². The summed E-state index contributed by atoms with van der Waals surface area (Å²) in [6.07, 6.45) is -2.48. The second kappa shape index (κ2) is 4.67. The Kier molecular flexibility index (Phi) is 3.96. The van der Waals surface area contributed by atoms with Crippen molar-refractivity contribution in [2.45, 2.75) is 25.1 Å². The molecule has 8 heteroatoms. The summed E-state index contributed by atoms with van der Waals surface area (Å²) in [6, 6.07) is 0.350. The van der Waals surface area contributed by atoms with Crippen molar-refractivity contribution in [1.82, 2.24) is 10.0 Å². The van der Waals surface area contributed by atoms with Crippen molar-refractivity contribution in [1.29, 1.82) is 0 Å². The van der Waals surface area contributed by atoms with Crippen LogP contribution in [0.1, 0.15) is 12.8 Å². The zero-order valence-corrected chi connectivity index (χ0v) is 8.79. The van der Waals surface area contributed by atoms with Gasteiger partial charge in [0.25, 0.3) is 0 Å². The van der Waals surface area contributed by atoms with Gasteiger partial charge in [-0.2, -0.15) is 13.2 Å². The monoisotopic (exact) mass is 246 g/mol. The van der Waals surface area contributed by atoms with Crippen molar-refractivity contribution in [2.75, 3.05) is 18.8 Å². The van der Waals surface area contributed by atoms with Crippen LogP contribution >= 0.6 is 0 Å². The van der Waals surface area contributed by atoms with E-state index in [1.807, 2.05) is 0 Å². The SMILES string of the molecule is O=S(=O)(CCNC1CC1)NCC(F)(F)F. The zero-order valence-electron chi connectivity index (χ0n) is 7.97. The van der Waals surface area contributed by atoms with E-state index in [9.17, 15) is 21.6 Å². The van der Waals surface area contributed by atoms with Gasteiger partial charge in [0.2, 0.25) is 10.0 Å². The van der Waals surface area contributed by atoms with Crippen molar-refractivity contribution in [3.8, 4) is 0 Å². The molecular formula is C7H13F3N2O2S. The van der Waals surface area contributed by atoms with Gasteiger partial charge in [0.05, 0.1) is 5.75 Å². The highest BCUT2D eigenvalue weighted by atomic mass is 32.2. The third-order valence-electron chi connectivity index (χ3n) is 1.87. The molecule has 1 saturated carbocycles. The molecule has 1 aliphatic carbocycles. The molecular weight excluding hydrogens is 233 g/mol. The van der Waals surface area contributed by atoms with Crippen LogP contribution in [0.5, 0.6) is 0 Å². The maximum absolute atomic E-state index is 11.7. The number of rotatable bonds is 6. The largest absolute Gasteiger partial charge is 0.402 e. The summed E-state index contributed by atoms with van der Waals surface area (Å²) in [5.74, 6) is -0.320. The van der Waals surface area contributed by atoms with Gasteiger partial charge in [-0.25, -0.2) is 13.1 Å². The highest BCUT2D eigenvalue weighted by molar-refractivity contribution is 7.89. The molecule has 0 aromatic rings. The fraction of sp³-hybridized carbons (Fsp3) is 1.00. The molecule has 15 heavy (non-hydrogen) atoms. The maximum Gasteiger partial charge on any atom is 0.402 e. The van der Waals surface area contributed by atoms with Crippen molar-refractivity contribution >= 4 is 10.0 Å². The number of hydrogen-bond acceptors (Lipinski definition) is 3. The maximum atomic E-state index is 11.7. The molecule has 0 unspecified atom stereocenters. The van der Waals surface area contributed by atoms with Crippen LogP contribution in [0.15, 0.2) is 0 Å². The summed E-state index contributed by atoms with van der Waals surface area (Å²) >= 11 is 0. The lowest BCUT2D eigenvalue weighted by atomic mass is 10.6. The van der Waals surface area contributed by atoms with Crippen molar-refractivity contribution < 1.29 is 21.6 Å². The van der Waals surface area contributed by atoms with Crippen LogP contribution in [-0.4, -0.2) is 39.5 Å². The number of hydrogen-bond donors (Lipinski definition) is 2. The Morgan fingerprint density at radius 1 is 1.27 bits per heavy atom. The van der Waals surface area contributed by atoms with Gasteiger partial charge in [-0.05, 0) is 12.8 Å². The van der Waals surface area contributed by atoms with Crippen molar-refractivity contribution in [2.24, 2.45) is 0 Å². The Balaban J connectivity index is 2.18. The molecule has 0 atom stereocenters. The van der Waals surface area contributed by atoms with Crippen LogP contribution in [0.25, 0.3) is 0 Å². The van der Waals surface area contributed by atoms with E-state index in [2.05, 4.69) is 5.32 Å². The van der Waals surface area contributed by atoms with Crippen molar-refractivity contribution in [3.63, 3.8) is 0 Å². The highest BCUT2D eigenvalue weighted by Gasteiger charge is 2.29. The Labute approximate surface area is 86.3 Å². The van der Waals surface area contributed by atoms with E-state index in [-0.39, 0.29) is 12.3 Å². The van der Waals surface area contributed by atoms with Gasteiger partial charge < -0.3 is 5.32 Å². The Morgan fingerprint density at radius 3 is 2.33 bits per heavy atom. The molecule has 0 aromatic heterocycles. The van der Waals surface area contributed by atoms with Gasteiger partial charge in [-0.15, -0.1) is 0 Å². The lowest BCUT2D eigenvalue weighted by Crippen LogP contribution is -2.38. The number of halogens is 3. The number of alkyl halides is 3. The molecule has 0 heterocycles. The summed E-state index contributed by atoms with van der Waals surface area (Å²) in [6.45, 7) is -1.31. The van der Waals surface area contributed by atoms with E-state index in [0.29, 0.717) is 6.04 Å². The Morgan fingerprint density at radius 2 is 1.87 bits per heavy atom. The molecule has 0 aromatic carbocycles. The van der Waals surface area contributed by atoms with E-state index in [0.717, 1.165) is 12.8 Å². The first-order valence-corrected chi connectivity index (χ1v) is 6.21. The minimum Gasteiger partial charge on any atom is -0.313 e. The zero-order chi connectivity index (χ0) is 11.5. The summed E-state index contributed by atoms with van der Waals surface area (Å²) in [5.41, 5.74) is 0. The third kappa shape index (κ3) is 6.69. The quantitative estimate of drug-likeness (QED) is 0.705. The summed E-state index contributed by atoms with van der Waals surface area (Å²) in [7, 11) is -3.82. The van der Waals surface area contributed by atoms with Crippen LogP contribution in [0.4, 0.5) is 13.2 Å². The van der Waals surface area contributed by atoms with E-state index in [1.54, 1.807) is 0 Å². The molecule has 0 aliphatic heterocycles. The highest BCUT2D eigenvalue weighted by Crippen LogP contribution is 2.18. The molecule has 0 amide bonds. The normalized spacial score (nSPS) is 18.1.